The van der Waals surface area contributed by atoms with Gasteiger partial charge in [0.2, 0.25) is 0 Å². The number of piperidine rings is 1. The number of halogens is 2. The van der Waals surface area contributed by atoms with Gasteiger partial charge in [0.25, 0.3) is 0 Å². The molecule has 3 aromatic rings. The predicted octanol–water partition coefficient (Wildman–Crippen LogP) is 5.97. The van der Waals surface area contributed by atoms with Crippen LogP contribution in [0.25, 0.3) is 10.9 Å². The van der Waals surface area contributed by atoms with Gasteiger partial charge in [0.15, 0.2) is 0 Å². The first kappa shape index (κ1) is 18.8. The molecular formula is C20H21Cl2N3OS. The van der Waals surface area contributed by atoms with E-state index in [1.165, 1.54) is 24.8 Å². The fraction of sp³-hybridized carbons (Fsp3) is 0.300. The molecule has 7 heteroatoms. The van der Waals surface area contributed by atoms with E-state index in [-0.39, 0.29) is 0 Å². The van der Waals surface area contributed by atoms with Crippen molar-refractivity contribution in [3.63, 3.8) is 0 Å². The van der Waals surface area contributed by atoms with E-state index in [4.69, 9.17) is 27.9 Å². The quantitative estimate of drug-likeness (QED) is 0.428. The summed E-state index contributed by atoms with van der Waals surface area (Å²) in [4.78, 5) is 4.27. The van der Waals surface area contributed by atoms with Gasteiger partial charge in [-0.2, -0.15) is 0 Å². The maximum atomic E-state index is 6.24. The molecule has 1 unspecified atom stereocenters. The van der Waals surface area contributed by atoms with Crippen molar-refractivity contribution < 1.29 is 4.74 Å². The summed E-state index contributed by atoms with van der Waals surface area (Å²) in [5, 5.41) is 5.52. The molecule has 27 heavy (non-hydrogen) atoms. The van der Waals surface area contributed by atoms with E-state index in [0.29, 0.717) is 16.0 Å². The molecule has 4 nitrogen and oxygen atoms in total. The fourth-order valence-electron chi connectivity index (χ4n) is 3.25. The van der Waals surface area contributed by atoms with Gasteiger partial charge in [-0.05, 0) is 67.7 Å². The topological polar surface area (TPSA) is 49.1 Å². The second-order valence-corrected chi connectivity index (χ2v) is 8.37. The number of aromatic nitrogens is 1. The Balaban J connectivity index is 1.36. The van der Waals surface area contributed by atoms with Crippen molar-refractivity contribution in [2.45, 2.75) is 17.7 Å². The fourth-order valence-corrected chi connectivity index (χ4v) is 4.48. The van der Waals surface area contributed by atoms with Crippen LogP contribution in [0.15, 0.2) is 47.5 Å². The first-order valence-corrected chi connectivity index (χ1v) is 10.6. The summed E-state index contributed by atoms with van der Waals surface area (Å²) in [6.45, 7) is 2.95. The molecule has 1 fully saturated rings. The van der Waals surface area contributed by atoms with E-state index in [0.717, 1.165) is 46.9 Å². The lowest BCUT2D eigenvalue weighted by atomic mass is 10.0. The second-order valence-electron chi connectivity index (χ2n) is 6.68. The average molecular weight is 422 g/mol. The Bertz CT molecular complexity index is 907. The third kappa shape index (κ3) is 4.49. The lowest BCUT2D eigenvalue weighted by Gasteiger charge is -2.22. The lowest BCUT2D eigenvalue weighted by Crippen LogP contribution is -2.33. The summed E-state index contributed by atoms with van der Waals surface area (Å²) >= 11 is 14.0. The lowest BCUT2D eigenvalue weighted by molar-refractivity contribution is 0.218. The molecule has 1 aliphatic rings. The van der Waals surface area contributed by atoms with Gasteiger partial charge in [0.1, 0.15) is 5.75 Å². The van der Waals surface area contributed by atoms with Gasteiger partial charge >= 0.3 is 0 Å². The van der Waals surface area contributed by atoms with Crippen molar-refractivity contribution >= 4 is 51.7 Å². The summed E-state index contributed by atoms with van der Waals surface area (Å²) in [5.74, 6) is 1.52. The summed E-state index contributed by atoms with van der Waals surface area (Å²) in [6.07, 6.45) is 4.23. The van der Waals surface area contributed by atoms with Gasteiger partial charge in [-0.3, -0.25) is 0 Å². The molecule has 0 spiro atoms. The van der Waals surface area contributed by atoms with Crippen LogP contribution in [-0.2, 0) is 0 Å². The van der Waals surface area contributed by atoms with Crippen LogP contribution in [0.5, 0.6) is 5.75 Å². The van der Waals surface area contributed by atoms with E-state index in [1.54, 1.807) is 6.20 Å². The van der Waals surface area contributed by atoms with Crippen LogP contribution < -0.4 is 14.8 Å². The zero-order valence-electron chi connectivity index (χ0n) is 14.7. The van der Waals surface area contributed by atoms with E-state index in [2.05, 4.69) is 27.2 Å². The van der Waals surface area contributed by atoms with Crippen LogP contribution >= 0.6 is 35.1 Å². The Labute approximate surface area is 173 Å². The third-order valence-corrected chi connectivity index (χ3v) is 6.17. The van der Waals surface area contributed by atoms with Gasteiger partial charge < -0.3 is 19.8 Å². The van der Waals surface area contributed by atoms with Gasteiger partial charge in [0, 0.05) is 28.9 Å². The second kappa shape index (κ2) is 8.65. The Morgan fingerprint density at radius 2 is 1.96 bits per heavy atom. The first-order valence-electron chi connectivity index (χ1n) is 9.02. The molecule has 0 bridgehead atoms. The number of benzene rings is 2. The highest BCUT2D eigenvalue weighted by atomic mass is 35.5. The largest absolute Gasteiger partial charge is 0.493 e. The normalized spacial score (nSPS) is 17.2. The molecular weight excluding hydrogens is 401 g/mol. The van der Waals surface area contributed by atoms with E-state index >= 15 is 0 Å². The number of rotatable bonds is 6. The number of aromatic amines is 1. The molecule has 3 N–H and O–H groups in total. The SMILES string of the molecule is Clc1ccc(NSc2ccc(OCC3CCCNC3)cc2)c2[nH]cc(Cl)c12. The number of hydrogen-bond donors (Lipinski definition) is 3. The summed E-state index contributed by atoms with van der Waals surface area (Å²) in [5.41, 5.74) is 1.84. The Morgan fingerprint density at radius 1 is 1.11 bits per heavy atom. The summed E-state index contributed by atoms with van der Waals surface area (Å²) < 4.78 is 9.30. The van der Waals surface area contributed by atoms with E-state index < -0.39 is 0 Å². The Morgan fingerprint density at radius 3 is 2.74 bits per heavy atom. The van der Waals surface area contributed by atoms with Crippen LogP contribution in [0.2, 0.25) is 10.0 Å². The van der Waals surface area contributed by atoms with Gasteiger partial charge in [-0.1, -0.05) is 23.2 Å². The van der Waals surface area contributed by atoms with Gasteiger partial charge in [0.05, 0.1) is 27.9 Å². The van der Waals surface area contributed by atoms with Crippen molar-refractivity contribution in [2.75, 3.05) is 24.4 Å². The van der Waals surface area contributed by atoms with Crippen LogP contribution in [0.4, 0.5) is 5.69 Å². The first-order chi connectivity index (χ1) is 13.2. The number of hydrogen-bond acceptors (Lipinski definition) is 4. The summed E-state index contributed by atoms with van der Waals surface area (Å²) in [6, 6.07) is 11.9. The van der Waals surface area contributed by atoms with Gasteiger partial charge in [-0.25, -0.2) is 0 Å². The molecule has 4 rings (SSSR count). The number of anilines is 1. The predicted molar refractivity (Wildman–Crippen MR) is 115 cm³/mol. The standard InChI is InChI=1S/C20H21Cl2N3OS/c21-16-7-8-18(20-19(16)17(22)11-24-20)25-27-15-5-3-14(4-6-15)26-12-13-2-1-9-23-10-13/h3-8,11,13,23-25H,1-2,9-10,12H2. The molecule has 0 saturated carbocycles. The number of nitrogens with one attached hydrogen (secondary N) is 3. The highest BCUT2D eigenvalue weighted by Gasteiger charge is 2.13. The number of ether oxygens (including phenoxy) is 1. The molecule has 1 saturated heterocycles. The maximum Gasteiger partial charge on any atom is 0.119 e. The van der Waals surface area contributed by atoms with E-state index in [1.807, 2.05) is 24.3 Å². The highest BCUT2D eigenvalue weighted by Crippen LogP contribution is 2.36. The van der Waals surface area contributed by atoms with Crippen LogP contribution in [0.1, 0.15) is 12.8 Å². The van der Waals surface area contributed by atoms with Crippen molar-refractivity contribution in [1.29, 1.82) is 0 Å². The van der Waals surface area contributed by atoms with Crippen molar-refractivity contribution in [3.8, 4) is 5.75 Å². The minimum atomic E-state index is 0.606. The molecule has 2 aromatic carbocycles. The van der Waals surface area contributed by atoms with Crippen LogP contribution in [0.3, 0.4) is 0 Å². The molecule has 142 valence electrons. The molecule has 1 aliphatic heterocycles. The Hall–Kier alpha value is -1.53. The molecule has 0 radical (unpaired) electrons. The molecule has 1 atom stereocenters. The van der Waals surface area contributed by atoms with Crippen molar-refractivity contribution in [3.05, 3.63) is 52.6 Å². The van der Waals surface area contributed by atoms with Crippen LogP contribution in [0, 0.1) is 5.92 Å². The maximum absolute atomic E-state index is 6.24. The molecule has 1 aromatic heterocycles. The van der Waals surface area contributed by atoms with Gasteiger partial charge in [-0.15, -0.1) is 0 Å². The van der Waals surface area contributed by atoms with E-state index in [9.17, 15) is 0 Å². The molecule has 0 amide bonds. The third-order valence-electron chi connectivity index (χ3n) is 4.72. The zero-order chi connectivity index (χ0) is 18.6. The molecule has 2 heterocycles. The monoisotopic (exact) mass is 421 g/mol. The number of H-pyrrole nitrogens is 1. The minimum absolute atomic E-state index is 0.606. The van der Waals surface area contributed by atoms with Crippen molar-refractivity contribution in [2.24, 2.45) is 5.92 Å². The average Bonchev–Trinajstić information content (AvgIpc) is 3.10. The zero-order valence-corrected chi connectivity index (χ0v) is 17.1. The smallest absolute Gasteiger partial charge is 0.119 e. The molecule has 0 aliphatic carbocycles. The number of fused-ring (bicyclic) bond motifs is 1. The Kier molecular flexibility index (Phi) is 6.03. The minimum Gasteiger partial charge on any atom is -0.493 e. The van der Waals surface area contributed by atoms with Crippen molar-refractivity contribution in [1.82, 2.24) is 10.3 Å². The van der Waals surface area contributed by atoms with Crippen LogP contribution in [-0.4, -0.2) is 24.7 Å². The summed E-state index contributed by atoms with van der Waals surface area (Å²) in [7, 11) is 0. The highest BCUT2D eigenvalue weighted by molar-refractivity contribution is 8.00.